The molecule has 0 fully saturated rings. The van der Waals surface area contributed by atoms with Crippen molar-refractivity contribution in [2.45, 2.75) is 24.9 Å². The lowest BCUT2D eigenvalue weighted by atomic mass is 10.1. The van der Waals surface area contributed by atoms with Crippen LogP contribution in [0, 0.1) is 0 Å². The predicted molar refractivity (Wildman–Crippen MR) is 94.6 cm³/mol. The van der Waals surface area contributed by atoms with Gasteiger partial charge in [-0.05, 0) is 30.2 Å². The first-order chi connectivity index (χ1) is 12.2. The lowest BCUT2D eigenvalue weighted by Crippen LogP contribution is -2.33. The lowest BCUT2D eigenvalue weighted by molar-refractivity contribution is -0.137. The molecular formula is C18H21F3N2O2S. The second-order valence-corrected chi connectivity index (χ2v) is 7.88. The summed E-state index contributed by atoms with van der Waals surface area (Å²) in [6.07, 6.45) is -4.04. The minimum absolute atomic E-state index is 0.102. The highest BCUT2D eigenvalue weighted by Crippen LogP contribution is 2.30. The summed E-state index contributed by atoms with van der Waals surface area (Å²) in [5, 5.41) is 0. The van der Waals surface area contributed by atoms with Gasteiger partial charge in [-0.3, -0.25) is 0 Å². The van der Waals surface area contributed by atoms with Gasteiger partial charge < -0.3 is 5.73 Å². The molecule has 0 heterocycles. The second kappa shape index (κ2) is 8.66. The molecule has 8 heteroatoms. The monoisotopic (exact) mass is 386 g/mol. The van der Waals surface area contributed by atoms with Crippen LogP contribution >= 0.6 is 0 Å². The van der Waals surface area contributed by atoms with Gasteiger partial charge in [0.25, 0.3) is 0 Å². The number of halogens is 3. The van der Waals surface area contributed by atoms with Gasteiger partial charge in [-0.15, -0.1) is 0 Å². The average molecular weight is 386 g/mol. The third-order valence-electron chi connectivity index (χ3n) is 3.81. The number of benzene rings is 2. The van der Waals surface area contributed by atoms with E-state index in [0.29, 0.717) is 13.0 Å². The van der Waals surface area contributed by atoms with Crippen LogP contribution in [0.15, 0.2) is 54.6 Å². The van der Waals surface area contributed by atoms with Gasteiger partial charge >= 0.3 is 6.18 Å². The van der Waals surface area contributed by atoms with Crippen LogP contribution in [0.4, 0.5) is 13.2 Å². The van der Waals surface area contributed by atoms with Crippen LogP contribution in [0.5, 0.6) is 0 Å². The van der Waals surface area contributed by atoms with Gasteiger partial charge in [-0.2, -0.15) is 17.5 Å². The predicted octanol–water partition coefficient (Wildman–Crippen LogP) is 3.39. The van der Waals surface area contributed by atoms with Crippen molar-refractivity contribution in [1.82, 2.24) is 4.31 Å². The summed E-state index contributed by atoms with van der Waals surface area (Å²) < 4.78 is 65.3. The number of nitrogens with zero attached hydrogens (tertiary/aromatic N) is 1. The first kappa shape index (κ1) is 20.4. The number of alkyl halides is 3. The van der Waals surface area contributed by atoms with E-state index in [4.69, 9.17) is 5.73 Å². The van der Waals surface area contributed by atoms with E-state index >= 15 is 0 Å². The van der Waals surface area contributed by atoms with E-state index in [1.54, 1.807) is 24.3 Å². The third kappa shape index (κ3) is 5.82. The second-order valence-electron chi connectivity index (χ2n) is 5.92. The molecule has 0 aliphatic heterocycles. The molecule has 2 aromatic carbocycles. The maximum absolute atomic E-state index is 12.8. The SMILES string of the molecule is NCCCN(Cc1ccccc1)S(=O)(=O)Cc1cccc(C(F)(F)F)c1. The van der Waals surface area contributed by atoms with Crippen LogP contribution in [0.3, 0.4) is 0 Å². The minimum atomic E-state index is -4.51. The molecule has 2 N–H and O–H groups in total. The summed E-state index contributed by atoms with van der Waals surface area (Å²) in [5.41, 5.74) is 5.53. The summed E-state index contributed by atoms with van der Waals surface area (Å²) in [7, 11) is -3.80. The maximum atomic E-state index is 12.8. The van der Waals surface area contributed by atoms with E-state index in [1.165, 1.54) is 16.4 Å². The highest BCUT2D eigenvalue weighted by Gasteiger charge is 2.31. The van der Waals surface area contributed by atoms with E-state index < -0.39 is 27.5 Å². The summed E-state index contributed by atoms with van der Waals surface area (Å²) in [6, 6.07) is 13.4. The van der Waals surface area contributed by atoms with Gasteiger partial charge in [0.15, 0.2) is 0 Å². The van der Waals surface area contributed by atoms with Gasteiger partial charge in [0, 0.05) is 13.1 Å². The highest BCUT2D eigenvalue weighted by atomic mass is 32.2. The zero-order valence-electron chi connectivity index (χ0n) is 14.1. The molecule has 0 unspecified atom stereocenters. The quantitative estimate of drug-likeness (QED) is 0.756. The molecule has 0 atom stereocenters. The Bertz CT molecular complexity index is 809. The van der Waals surface area contributed by atoms with Gasteiger partial charge in [0.05, 0.1) is 11.3 Å². The third-order valence-corrected chi connectivity index (χ3v) is 5.61. The Morgan fingerprint density at radius 3 is 2.23 bits per heavy atom. The lowest BCUT2D eigenvalue weighted by Gasteiger charge is -2.22. The van der Waals surface area contributed by atoms with Crippen LogP contribution in [-0.2, 0) is 28.5 Å². The Kier molecular flexibility index (Phi) is 6.80. The summed E-state index contributed by atoms with van der Waals surface area (Å²) in [6.45, 7) is 0.694. The Labute approximate surface area is 151 Å². The van der Waals surface area contributed by atoms with Crippen molar-refractivity contribution in [3.8, 4) is 0 Å². The fourth-order valence-electron chi connectivity index (χ4n) is 2.51. The Balaban J connectivity index is 2.23. The standard InChI is InChI=1S/C18H21F3N2O2S/c19-18(20,21)17-9-4-8-16(12-17)14-26(24,25)23(11-5-10-22)13-15-6-2-1-3-7-15/h1-4,6-9,12H,5,10-11,13-14,22H2. The van der Waals surface area contributed by atoms with E-state index in [1.807, 2.05) is 6.07 Å². The molecule has 0 saturated heterocycles. The molecule has 0 amide bonds. The van der Waals surface area contributed by atoms with Crippen molar-refractivity contribution < 1.29 is 21.6 Å². The Hall–Kier alpha value is -1.90. The summed E-state index contributed by atoms with van der Waals surface area (Å²) >= 11 is 0. The van der Waals surface area contributed by atoms with Crippen LogP contribution < -0.4 is 5.73 Å². The molecule has 2 rings (SSSR count). The highest BCUT2D eigenvalue weighted by molar-refractivity contribution is 7.88. The smallest absolute Gasteiger partial charge is 0.330 e. The molecule has 0 aliphatic carbocycles. The summed E-state index contributed by atoms with van der Waals surface area (Å²) in [4.78, 5) is 0. The van der Waals surface area contributed by atoms with E-state index in [0.717, 1.165) is 17.7 Å². The molecule has 4 nitrogen and oxygen atoms in total. The molecule has 0 aliphatic rings. The van der Waals surface area contributed by atoms with Crippen LogP contribution in [0.1, 0.15) is 23.1 Å². The normalized spacial score (nSPS) is 12.5. The fraction of sp³-hybridized carbons (Fsp3) is 0.333. The number of nitrogens with two attached hydrogens (primary N) is 1. The number of hydrogen-bond acceptors (Lipinski definition) is 3. The number of hydrogen-bond donors (Lipinski definition) is 1. The van der Waals surface area contributed by atoms with Gasteiger partial charge in [0.1, 0.15) is 0 Å². The van der Waals surface area contributed by atoms with Crippen LogP contribution in [-0.4, -0.2) is 25.8 Å². The van der Waals surface area contributed by atoms with E-state index in [2.05, 4.69) is 0 Å². The fourth-order valence-corrected chi connectivity index (χ4v) is 4.05. The molecule has 142 valence electrons. The number of sulfonamides is 1. The van der Waals surface area contributed by atoms with E-state index in [-0.39, 0.29) is 18.7 Å². The zero-order valence-corrected chi connectivity index (χ0v) is 14.9. The molecule has 2 aromatic rings. The Morgan fingerprint density at radius 1 is 0.962 bits per heavy atom. The largest absolute Gasteiger partial charge is 0.416 e. The molecule has 0 aromatic heterocycles. The molecule has 0 bridgehead atoms. The maximum Gasteiger partial charge on any atom is 0.416 e. The van der Waals surface area contributed by atoms with Crippen molar-refractivity contribution >= 4 is 10.0 Å². The van der Waals surface area contributed by atoms with Crippen LogP contribution in [0.2, 0.25) is 0 Å². The average Bonchev–Trinajstić information content (AvgIpc) is 2.58. The van der Waals surface area contributed by atoms with Crippen molar-refractivity contribution in [3.05, 3.63) is 71.3 Å². The zero-order chi connectivity index (χ0) is 19.2. The van der Waals surface area contributed by atoms with Crippen molar-refractivity contribution in [3.63, 3.8) is 0 Å². The van der Waals surface area contributed by atoms with Crippen LogP contribution in [0.25, 0.3) is 0 Å². The van der Waals surface area contributed by atoms with Gasteiger partial charge in [-0.25, -0.2) is 8.42 Å². The van der Waals surface area contributed by atoms with Gasteiger partial charge in [-0.1, -0.05) is 48.5 Å². The topological polar surface area (TPSA) is 63.4 Å². The van der Waals surface area contributed by atoms with Crippen molar-refractivity contribution in [2.75, 3.05) is 13.1 Å². The van der Waals surface area contributed by atoms with Crippen molar-refractivity contribution in [2.24, 2.45) is 5.73 Å². The summed E-state index contributed by atoms with van der Waals surface area (Å²) in [5.74, 6) is -0.492. The molecule has 0 spiro atoms. The molecule has 0 saturated carbocycles. The first-order valence-electron chi connectivity index (χ1n) is 8.10. The van der Waals surface area contributed by atoms with E-state index in [9.17, 15) is 21.6 Å². The molecular weight excluding hydrogens is 365 g/mol. The van der Waals surface area contributed by atoms with Crippen molar-refractivity contribution in [1.29, 1.82) is 0 Å². The number of rotatable bonds is 8. The Morgan fingerprint density at radius 2 is 1.62 bits per heavy atom. The first-order valence-corrected chi connectivity index (χ1v) is 9.71. The van der Waals surface area contributed by atoms with Gasteiger partial charge in [0.2, 0.25) is 10.0 Å². The minimum Gasteiger partial charge on any atom is -0.330 e. The molecule has 26 heavy (non-hydrogen) atoms. The molecule has 0 radical (unpaired) electrons.